The van der Waals surface area contributed by atoms with Gasteiger partial charge >= 0.3 is 0 Å². The molecule has 1 aromatic rings. The highest BCUT2D eigenvalue weighted by molar-refractivity contribution is 5.88. The maximum absolute atomic E-state index is 11.7. The van der Waals surface area contributed by atoms with E-state index in [0.29, 0.717) is 0 Å². The maximum Gasteiger partial charge on any atom is 0.273 e. The van der Waals surface area contributed by atoms with Crippen molar-refractivity contribution in [3.05, 3.63) is 34.4 Å². The van der Waals surface area contributed by atoms with Crippen molar-refractivity contribution in [1.82, 2.24) is 5.32 Å². The molecule has 1 unspecified atom stereocenters. The number of benzene rings is 1. The number of amides is 1. The number of hydrogen-bond donors (Lipinski definition) is 1. The lowest BCUT2D eigenvalue weighted by Crippen LogP contribution is -2.45. The molecule has 1 rings (SSSR count). The van der Waals surface area contributed by atoms with Crippen LogP contribution in [0.3, 0.4) is 0 Å². The molecule has 0 aromatic heterocycles. The molecule has 1 amide bonds. The van der Waals surface area contributed by atoms with Crippen LogP contribution in [-0.2, 0) is 9.59 Å². The summed E-state index contributed by atoms with van der Waals surface area (Å²) in [6.45, 7) is 4.76. The normalized spacial score (nSPS) is 11.8. The van der Waals surface area contributed by atoms with Crippen molar-refractivity contribution in [3.8, 4) is 5.75 Å². The molecule has 1 N–H and O–H groups in total. The zero-order valence-corrected chi connectivity index (χ0v) is 12.2. The molecule has 1 atom stereocenters. The molecule has 7 nitrogen and oxygen atoms in total. The number of carbonyl (C=O) groups is 2. The van der Waals surface area contributed by atoms with Crippen molar-refractivity contribution < 1.29 is 19.2 Å². The molecule has 7 heteroatoms. The summed E-state index contributed by atoms with van der Waals surface area (Å²) in [5, 5.41) is 13.2. The fourth-order valence-electron chi connectivity index (χ4n) is 1.79. The van der Waals surface area contributed by atoms with Gasteiger partial charge in [-0.25, -0.2) is 0 Å². The van der Waals surface area contributed by atoms with Crippen LogP contribution in [0.4, 0.5) is 5.69 Å². The lowest BCUT2D eigenvalue weighted by atomic mass is 10.0. The second kappa shape index (κ2) is 7.37. The van der Waals surface area contributed by atoms with Crippen LogP contribution < -0.4 is 10.1 Å². The number of non-ortho nitro benzene ring substituents is 1. The molecule has 0 aliphatic heterocycles. The van der Waals surface area contributed by atoms with E-state index in [4.69, 9.17) is 4.74 Å². The molecule has 0 heterocycles. The zero-order chi connectivity index (χ0) is 16.0. The Morgan fingerprint density at radius 2 is 2.05 bits per heavy atom. The Hall–Kier alpha value is -2.44. The number of nitrogens with zero attached hydrogens (tertiary/aromatic N) is 1. The van der Waals surface area contributed by atoms with Gasteiger partial charge in [-0.1, -0.05) is 19.9 Å². The van der Waals surface area contributed by atoms with Gasteiger partial charge < -0.3 is 10.1 Å². The molecule has 0 aliphatic rings. The average Bonchev–Trinajstić information content (AvgIpc) is 2.42. The van der Waals surface area contributed by atoms with E-state index >= 15 is 0 Å². The number of rotatable bonds is 7. The van der Waals surface area contributed by atoms with Gasteiger partial charge in [0.15, 0.2) is 12.4 Å². The largest absolute Gasteiger partial charge is 0.484 e. The topological polar surface area (TPSA) is 98.5 Å². The van der Waals surface area contributed by atoms with Crippen molar-refractivity contribution in [1.29, 1.82) is 0 Å². The molecule has 0 saturated heterocycles. The van der Waals surface area contributed by atoms with Gasteiger partial charge in [0.25, 0.3) is 11.6 Å². The molecule has 0 radical (unpaired) electrons. The van der Waals surface area contributed by atoms with Crippen molar-refractivity contribution in [2.24, 2.45) is 5.92 Å². The van der Waals surface area contributed by atoms with Crippen LogP contribution in [0.15, 0.2) is 24.3 Å². The van der Waals surface area contributed by atoms with E-state index < -0.39 is 16.9 Å². The summed E-state index contributed by atoms with van der Waals surface area (Å²) in [5.74, 6) is -0.378. The second-order valence-corrected chi connectivity index (χ2v) is 4.94. The van der Waals surface area contributed by atoms with Crippen LogP contribution >= 0.6 is 0 Å². The number of nitro groups is 1. The van der Waals surface area contributed by atoms with Crippen LogP contribution in [-0.4, -0.2) is 29.3 Å². The predicted molar refractivity (Wildman–Crippen MR) is 76.0 cm³/mol. The van der Waals surface area contributed by atoms with Gasteiger partial charge in [-0.05, 0) is 18.9 Å². The predicted octanol–water partition coefficient (Wildman–Crippen LogP) is 1.70. The minimum absolute atomic E-state index is 0.0238. The summed E-state index contributed by atoms with van der Waals surface area (Å²) in [6, 6.07) is 4.99. The molecule has 21 heavy (non-hydrogen) atoms. The van der Waals surface area contributed by atoms with Gasteiger partial charge in [0.05, 0.1) is 17.0 Å². The first-order valence-corrected chi connectivity index (χ1v) is 6.48. The van der Waals surface area contributed by atoms with E-state index in [2.05, 4.69) is 5.32 Å². The third-order valence-electron chi connectivity index (χ3n) is 2.82. The Balaban J connectivity index is 2.58. The van der Waals surface area contributed by atoms with E-state index in [9.17, 15) is 19.7 Å². The minimum Gasteiger partial charge on any atom is -0.484 e. The van der Waals surface area contributed by atoms with Crippen LogP contribution in [0.1, 0.15) is 20.8 Å². The highest BCUT2D eigenvalue weighted by Crippen LogP contribution is 2.18. The summed E-state index contributed by atoms with van der Waals surface area (Å²) in [4.78, 5) is 33.2. The summed E-state index contributed by atoms with van der Waals surface area (Å²) in [6.07, 6.45) is 0. The quantitative estimate of drug-likeness (QED) is 0.609. The van der Waals surface area contributed by atoms with Gasteiger partial charge in [-0.15, -0.1) is 0 Å². The van der Waals surface area contributed by atoms with Gasteiger partial charge in [0.1, 0.15) is 5.75 Å². The van der Waals surface area contributed by atoms with Gasteiger partial charge in [0, 0.05) is 6.07 Å². The second-order valence-electron chi connectivity index (χ2n) is 4.94. The fourth-order valence-corrected chi connectivity index (χ4v) is 1.79. The van der Waals surface area contributed by atoms with Crippen molar-refractivity contribution in [2.45, 2.75) is 26.8 Å². The monoisotopic (exact) mass is 294 g/mol. The highest BCUT2D eigenvalue weighted by Gasteiger charge is 2.20. The third-order valence-corrected chi connectivity index (χ3v) is 2.82. The Morgan fingerprint density at radius 3 is 2.57 bits per heavy atom. The van der Waals surface area contributed by atoms with Crippen molar-refractivity contribution in [2.75, 3.05) is 6.61 Å². The highest BCUT2D eigenvalue weighted by atomic mass is 16.6. The van der Waals surface area contributed by atoms with E-state index in [-0.39, 0.29) is 29.7 Å². The van der Waals surface area contributed by atoms with Gasteiger partial charge in [-0.3, -0.25) is 19.7 Å². The Labute approximate surface area is 122 Å². The van der Waals surface area contributed by atoms with E-state index in [1.165, 1.54) is 31.2 Å². The first-order valence-electron chi connectivity index (χ1n) is 6.48. The maximum atomic E-state index is 11.7. The lowest BCUT2D eigenvalue weighted by Gasteiger charge is -2.19. The Bertz CT molecular complexity index is 542. The molecular formula is C14H18N2O5. The van der Waals surface area contributed by atoms with Crippen LogP contribution in [0, 0.1) is 16.0 Å². The number of nitrogens with one attached hydrogen (secondary N) is 1. The number of ether oxygens (including phenoxy) is 1. The molecular weight excluding hydrogens is 276 g/mol. The minimum atomic E-state index is -0.564. The van der Waals surface area contributed by atoms with E-state index in [0.717, 1.165) is 0 Å². The van der Waals surface area contributed by atoms with Gasteiger partial charge in [0.2, 0.25) is 0 Å². The summed E-state index contributed by atoms with van der Waals surface area (Å²) < 4.78 is 5.19. The number of hydrogen-bond acceptors (Lipinski definition) is 5. The smallest absolute Gasteiger partial charge is 0.273 e. The zero-order valence-electron chi connectivity index (χ0n) is 12.2. The van der Waals surface area contributed by atoms with E-state index in [1.54, 1.807) is 0 Å². The Kier molecular flexibility index (Phi) is 5.83. The van der Waals surface area contributed by atoms with Crippen LogP contribution in [0.5, 0.6) is 5.75 Å². The summed E-state index contributed by atoms with van der Waals surface area (Å²) in [7, 11) is 0. The van der Waals surface area contributed by atoms with Crippen LogP contribution in [0.25, 0.3) is 0 Å². The SMILES string of the molecule is CC(=O)C(NC(=O)COc1cccc([N+](=O)[O-])c1)C(C)C. The first-order chi connectivity index (χ1) is 9.81. The molecule has 0 aliphatic carbocycles. The summed E-state index contributed by atoms with van der Waals surface area (Å²) >= 11 is 0. The van der Waals surface area contributed by atoms with Crippen molar-refractivity contribution >= 4 is 17.4 Å². The number of Topliss-reactive ketones (excluding diaryl/α,β-unsaturated/α-hetero) is 1. The average molecular weight is 294 g/mol. The van der Waals surface area contributed by atoms with Crippen molar-refractivity contribution in [3.63, 3.8) is 0 Å². The molecule has 1 aromatic carbocycles. The first kappa shape index (κ1) is 16.6. The molecule has 114 valence electrons. The van der Waals surface area contributed by atoms with E-state index in [1.807, 2.05) is 13.8 Å². The fraction of sp³-hybridized carbons (Fsp3) is 0.429. The number of ketones is 1. The Morgan fingerprint density at radius 1 is 1.38 bits per heavy atom. The third kappa shape index (κ3) is 5.21. The lowest BCUT2D eigenvalue weighted by molar-refractivity contribution is -0.384. The summed E-state index contributed by atoms with van der Waals surface area (Å²) in [5.41, 5.74) is -0.114. The molecule has 0 bridgehead atoms. The number of nitro benzene ring substituents is 1. The standard InChI is InChI=1S/C14H18N2O5/c1-9(2)14(10(3)17)15-13(18)8-21-12-6-4-5-11(7-12)16(19)20/h4-7,9,14H,8H2,1-3H3,(H,15,18). The number of carbonyl (C=O) groups excluding carboxylic acids is 2. The van der Waals surface area contributed by atoms with Crippen LogP contribution in [0.2, 0.25) is 0 Å². The van der Waals surface area contributed by atoms with Gasteiger partial charge in [-0.2, -0.15) is 0 Å². The molecule has 0 spiro atoms. The molecule has 0 fully saturated rings. The molecule has 0 saturated carbocycles.